The zero-order valence-corrected chi connectivity index (χ0v) is 17.5. The van der Waals surface area contributed by atoms with E-state index in [0.717, 1.165) is 15.5 Å². The number of benzene rings is 2. The first kappa shape index (κ1) is 21.5. The van der Waals surface area contributed by atoms with Gasteiger partial charge in [0.2, 0.25) is 10.0 Å². The second kappa shape index (κ2) is 8.66. The molecule has 30 heavy (non-hydrogen) atoms. The van der Waals surface area contributed by atoms with Crippen LogP contribution < -0.4 is 4.31 Å². The van der Waals surface area contributed by atoms with Crippen LogP contribution in [0, 0.1) is 6.92 Å². The predicted octanol–water partition coefficient (Wildman–Crippen LogP) is 1.99. The summed E-state index contributed by atoms with van der Waals surface area (Å²) in [7, 11) is -3.69. The molecule has 0 unspecified atom stereocenters. The van der Waals surface area contributed by atoms with E-state index in [1.807, 2.05) is 0 Å². The van der Waals surface area contributed by atoms with E-state index in [4.69, 9.17) is 4.74 Å². The van der Waals surface area contributed by atoms with Gasteiger partial charge in [-0.2, -0.15) is 0 Å². The van der Waals surface area contributed by atoms with Gasteiger partial charge >= 0.3 is 5.97 Å². The summed E-state index contributed by atoms with van der Waals surface area (Å²) in [6.45, 7) is 1.35. The summed E-state index contributed by atoms with van der Waals surface area (Å²) in [5.74, 6) is -1.46. The van der Waals surface area contributed by atoms with Gasteiger partial charge in [0, 0.05) is 6.54 Å². The van der Waals surface area contributed by atoms with Crippen LogP contribution in [0.25, 0.3) is 0 Å². The Kier molecular flexibility index (Phi) is 6.21. The molecule has 0 aliphatic carbocycles. The number of carbonyl (C=O) groups excluding carboxylic acids is 3. The van der Waals surface area contributed by atoms with Gasteiger partial charge in [0.25, 0.3) is 11.8 Å². The van der Waals surface area contributed by atoms with E-state index in [1.54, 1.807) is 55.5 Å². The summed E-state index contributed by atoms with van der Waals surface area (Å²) >= 11 is 0. The van der Waals surface area contributed by atoms with Crippen LogP contribution in [0.3, 0.4) is 0 Å². The number of amides is 2. The Balaban J connectivity index is 1.54. The number of ether oxygens (including phenoxy) is 1. The number of fused-ring (bicyclic) bond motifs is 1. The van der Waals surface area contributed by atoms with Crippen LogP contribution >= 0.6 is 0 Å². The number of imide groups is 1. The van der Waals surface area contributed by atoms with Gasteiger partial charge in [0.15, 0.2) is 0 Å². The van der Waals surface area contributed by atoms with Crippen LogP contribution in [-0.2, 0) is 19.6 Å². The molecular weight excluding hydrogens is 408 g/mol. The molecule has 1 aliphatic heterocycles. The molecule has 0 radical (unpaired) electrons. The van der Waals surface area contributed by atoms with E-state index in [-0.39, 0.29) is 31.4 Å². The highest BCUT2D eigenvalue weighted by molar-refractivity contribution is 7.92. The molecule has 0 bridgehead atoms. The highest BCUT2D eigenvalue weighted by Gasteiger charge is 2.34. The summed E-state index contributed by atoms with van der Waals surface area (Å²) in [4.78, 5) is 37.9. The average Bonchev–Trinajstić information content (AvgIpc) is 2.94. The number of nitrogens with zero attached hydrogens (tertiary/aromatic N) is 2. The SMILES string of the molecule is Cc1ccccc1N(CC(=O)OCCCN1C(=O)c2ccccc2C1=O)S(C)(=O)=O. The van der Waals surface area contributed by atoms with Gasteiger partial charge in [0.1, 0.15) is 6.54 Å². The van der Waals surface area contributed by atoms with E-state index in [0.29, 0.717) is 22.4 Å². The van der Waals surface area contributed by atoms with Crippen molar-refractivity contribution in [1.29, 1.82) is 0 Å². The van der Waals surface area contributed by atoms with Gasteiger partial charge in [-0.05, 0) is 37.1 Å². The molecule has 1 aliphatic rings. The molecule has 9 heteroatoms. The van der Waals surface area contributed by atoms with Crippen LogP contribution in [0.1, 0.15) is 32.7 Å². The van der Waals surface area contributed by atoms with Crippen molar-refractivity contribution in [2.75, 3.05) is 30.3 Å². The smallest absolute Gasteiger partial charge is 0.326 e. The van der Waals surface area contributed by atoms with Gasteiger partial charge < -0.3 is 4.74 Å². The fraction of sp³-hybridized carbons (Fsp3) is 0.286. The first-order valence-electron chi connectivity index (χ1n) is 9.34. The molecule has 3 rings (SSSR count). The predicted molar refractivity (Wildman–Crippen MR) is 111 cm³/mol. The summed E-state index contributed by atoms with van der Waals surface area (Å²) in [5, 5.41) is 0. The minimum absolute atomic E-state index is 0.0440. The Morgan fingerprint density at radius 1 is 1.00 bits per heavy atom. The molecule has 0 fully saturated rings. The van der Waals surface area contributed by atoms with Crippen molar-refractivity contribution < 1.29 is 27.5 Å². The molecule has 0 atom stereocenters. The zero-order chi connectivity index (χ0) is 21.9. The highest BCUT2D eigenvalue weighted by Crippen LogP contribution is 2.23. The third-order valence-electron chi connectivity index (χ3n) is 4.72. The Hall–Kier alpha value is -3.20. The lowest BCUT2D eigenvalue weighted by Gasteiger charge is -2.23. The van der Waals surface area contributed by atoms with E-state index < -0.39 is 22.5 Å². The molecule has 2 amide bonds. The van der Waals surface area contributed by atoms with Crippen molar-refractivity contribution in [1.82, 2.24) is 4.90 Å². The highest BCUT2D eigenvalue weighted by atomic mass is 32.2. The fourth-order valence-corrected chi connectivity index (χ4v) is 4.14. The second-order valence-corrected chi connectivity index (χ2v) is 8.84. The molecule has 0 saturated heterocycles. The number of sulfonamides is 1. The van der Waals surface area contributed by atoms with Crippen molar-refractivity contribution >= 4 is 33.5 Å². The summed E-state index contributed by atoms with van der Waals surface area (Å²) in [6, 6.07) is 13.4. The van der Waals surface area contributed by atoms with Crippen LogP contribution in [-0.4, -0.2) is 57.1 Å². The minimum Gasteiger partial charge on any atom is -0.464 e. The van der Waals surface area contributed by atoms with Gasteiger partial charge in [-0.15, -0.1) is 0 Å². The third kappa shape index (κ3) is 4.51. The number of hydrogen-bond donors (Lipinski definition) is 0. The lowest BCUT2D eigenvalue weighted by molar-refractivity contribution is -0.141. The Morgan fingerprint density at radius 2 is 1.57 bits per heavy atom. The number of rotatable bonds is 8. The maximum absolute atomic E-state index is 12.3. The van der Waals surface area contributed by atoms with Crippen molar-refractivity contribution in [3.63, 3.8) is 0 Å². The topological polar surface area (TPSA) is 101 Å². The molecule has 2 aromatic carbocycles. The van der Waals surface area contributed by atoms with Crippen molar-refractivity contribution in [3.8, 4) is 0 Å². The van der Waals surface area contributed by atoms with Gasteiger partial charge in [-0.1, -0.05) is 30.3 Å². The third-order valence-corrected chi connectivity index (χ3v) is 5.85. The molecule has 158 valence electrons. The lowest BCUT2D eigenvalue weighted by atomic mass is 10.1. The van der Waals surface area contributed by atoms with Gasteiger partial charge in [-0.3, -0.25) is 23.6 Å². The molecule has 2 aromatic rings. The first-order valence-corrected chi connectivity index (χ1v) is 11.2. The molecule has 0 N–H and O–H groups in total. The number of esters is 1. The lowest BCUT2D eigenvalue weighted by Crippen LogP contribution is -2.36. The summed E-state index contributed by atoms with van der Waals surface area (Å²) in [5.41, 5.74) is 1.84. The maximum atomic E-state index is 12.3. The van der Waals surface area contributed by atoms with E-state index in [9.17, 15) is 22.8 Å². The van der Waals surface area contributed by atoms with Gasteiger partial charge in [-0.25, -0.2) is 8.42 Å². The van der Waals surface area contributed by atoms with E-state index in [2.05, 4.69) is 0 Å². The van der Waals surface area contributed by atoms with Crippen LogP contribution in [0.2, 0.25) is 0 Å². The number of para-hydroxylation sites is 1. The minimum atomic E-state index is -3.69. The van der Waals surface area contributed by atoms with Crippen LogP contribution in [0.4, 0.5) is 5.69 Å². The number of aryl methyl sites for hydroxylation is 1. The molecule has 0 spiro atoms. The van der Waals surface area contributed by atoms with E-state index >= 15 is 0 Å². The number of carbonyl (C=O) groups is 3. The molecule has 0 saturated carbocycles. The largest absolute Gasteiger partial charge is 0.464 e. The standard InChI is InChI=1S/C21H22N2O6S/c1-15-8-3-6-11-18(15)23(30(2,27)28)14-19(24)29-13-7-12-22-20(25)16-9-4-5-10-17(16)21(22)26/h3-6,8-11H,7,12-14H2,1-2H3. The number of anilines is 1. The monoisotopic (exact) mass is 430 g/mol. The van der Waals surface area contributed by atoms with Crippen LogP contribution in [0.15, 0.2) is 48.5 Å². The molecule has 0 aromatic heterocycles. The summed E-state index contributed by atoms with van der Waals surface area (Å²) < 4.78 is 30.4. The number of hydrogen-bond acceptors (Lipinski definition) is 6. The molecular formula is C21H22N2O6S. The van der Waals surface area contributed by atoms with Crippen molar-refractivity contribution in [2.24, 2.45) is 0 Å². The zero-order valence-electron chi connectivity index (χ0n) is 16.7. The van der Waals surface area contributed by atoms with Crippen molar-refractivity contribution in [2.45, 2.75) is 13.3 Å². The van der Waals surface area contributed by atoms with E-state index in [1.165, 1.54) is 0 Å². The normalized spacial score (nSPS) is 13.3. The molecule has 1 heterocycles. The Labute approximate surface area is 175 Å². The quantitative estimate of drug-likeness (QED) is 0.361. The molecule has 8 nitrogen and oxygen atoms in total. The van der Waals surface area contributed by atoms with Crippen molar-refractivity contribution in [3.05, 3.63) is 65.2 Å². The van der Waals surface area contributed by atoms with Crippen LogP contribution in [0.5, 0.6) is 0 Å². The summed E-state index contributed by atoms with van der Waals surface area (Å²) in [6.07, 6.45) is 1.27. The second-order valence-electron chi connectivity index (χ2n) is 6.94. The maximum Gasteiger partial charge on any atom is 0.326 e. The Morgan fingerprint density at radius 3 is 2.13 bits per heavy atom. The first-order chi connectivity index (χ1) is 14.2. The van der Waals surface area contributed by atoms with Gasteiger partial charge in [0.05, 0.1) is 29.7 Å². The average molecular weight is 430 g/mol. The Bertz CT molecular complexity index is 1060. The fourth-order valence-electron chi connectivity index (χ4n) is 3.24.